The van der Waals surface area contributed by atoms with Crippen molar-refractivity contribution in [3.05, 3.63) is 127 Å². The van der Waals surface area contributed by atoms with Crippen LogP contribution >= 0.6 is 11.3 Å². The van der Waals surface area contributed by atoms with Crippen LogP contribution in [0.2, 0.25) is 0 Å². The number of rotatable bonds is 1. The number of nitrogens with zero attached hydrogens (tertiary/aromatic N) is 3. The van der Waals surface area contributed by atoms with E-state index in [0.29, 0.717) is 0 Å². The number of aromatic nitrogens is 3. The molecule has 0 aliphatic heterocycles. The number of pyridine rings is 1. The van der Waals surface area contributed by atoms with Gasteiger partial charge >= 0.3 is 0 Å². The fourth-order valence-corrected chi connectivity index (χ4v) is 8.20. The summed E-state index contributed by atoms with van der Waals surface area (Å²) >= 11 is 1.89. The minimum atomic E-state index is 1.00. The first-order chi connectivity index (χ1) is 20.3. The molecule has 0 N–H and O–H groups in total. The zero-order valence-electron chi connectivity index (χ0n) is 21.9. The summed E-state index contributed by atoms with van der Waals surface area (Å²) < 4.78 is 7.42. The number of imidazole rings is 1. The average molecular weight is 540 g/mol. The molecule has 0 aliphatic rings. The van der Waals surface area contributed by atoms with Crippen LogP contribution in [-0.2, 0) is 0 Å². The second-order valence-corrected chi connectivity index (χ2v) is 11.8. The monoisotopic (exact) mass is 539 g/mol. The van der Waals surface area contributed by atoms with Crippen LogP contribution < -0.4 is 0 Å². The summed E-state index contributed by atoms with van der Waals surface area (Å²) in [5.41, 5.74) is 7.93. The first-order valence-electron chi connectivity index (χ1n) is 13.9. The van der Waals surface area contributed by atoms with Gasteiger partial charge < -0.3 is 4.57 Å². The molecule has 0 spiro atoms. The van der Waals surface area contributed by atoms with Crippen molar-refractivity contribution in [2.45, 2.75) is 0 Å². The summed E-state index contributed by atoms with van der Waals surface area (Å²) in [6.45, 7) is 0. The van der Waals surface area contributed by atoms with E-state index in [9.17, 15) is 0 Å². The maximum atomic E-state index is 5.24. The lowest BCUT2D eigenvalue weighted by Crippen LogP contribution is -1.95. The third kappa shape index (κ3) is 2.75. The Hall–Kier alpha value is -5.19. The van der Waals surface area contributed by atoms with Crippen molar-refractivity contribution < 1.29 is 0 Å². The van der Waals surface area contributed by atoms with Gasteiger partial charge in [0.2, 0.25) is 0 Å². The van der Waals surface area contributed by atoms with Crippen LogP contribution in [0.15, 0.2) is 127 Å². The van der Waals surface area contributed by atoms with Crippen molar-refractivity contribution in [2.24, 2.45) is 0 Å². The van der Waals surface area contributed by atoms with Crippen LogP contribution in [-0.4, -0.2) is 14.0 Å². The molecule has 0 saturated carbocycles. The number of benzene rings is 6. The molecule has 10 aromatic rings. The van der Waals surface area contributed by atoms with E-state index in [2.05, 4.69) is 136 Å². The summed E-state index contributed by atoms with van der Waals surface area (Å²) in [6, 6.07) is 46.1. The van der Waals surface area contributed by atoms with Gasteiger partial charge in [-0.15, -0.1) is 11.3 Å². The Morgan fingerprint density at radius 2 is 1.24 bits per heavy atom. The summed E-state index contributed by atoms with van der Waals surface area (Å²) in [6.07, 6.45) is 0. The largest absolute Gasteiger partial charge is 0.309 e. The first-order valence-corrected chi connectivity index (χ1v) is 14.7. The number of thiophene rings is 1. The SMILES string of the molecule is c1ccc(-n2c3ccccc3c3cc4c(cc32)c2nc3ccccc3n2c2ccc3c5ccccc5sc3c42)cc1. The lowest BCUT2D eigenvalue weighted by molar-refractivity contribution is 1.18. The number of fused-ring (bicyclic) bond motifs is 15. The first kappa shape index (κ1) is 21.6. The molecule has 4 heterocycles. The molecule has 6 aromatic carbocycles. The van der Waals surface area contributed by atoms with E-state index in [4.69, 9.17) is 4.98 Å². The summed E-state index contributed by atoms with van der Waals surface area (Å²) in [4.78, 5) is 5.24. The van der Waals surface area contributed by atoms with Gasteiger partial charge in [-0.3, -0.25) is 4.40 Å². The van der Waals surface area contributed by atoms with Crippen molar-refractivity contribution in [3.8, 4) is 5.69 Å². The van der Waals surface area contributed by atoms with Gasteiger partial charge in [0.15, 0.2) is 0 Å². The highest BCUT2D eigenvalue weighted by molar-refractivity contribution is 7.26. The van der Waals surface area contributed by atoms with Gasteiger partial charge in [0, 0.05) is 47.4 Å². The van der Waals surface area contributed by atoms with E-state index in [-0.39, 0.29) is 0 Å². The highest BCUT2D eigenvalue weighted by atomic mass is 32.1. The normalized spacial score (nSPS) is 12.4. The predicted octanol–water partition coefficient (Wildman–Crippen LogP) is 10.3. The Morgan fingerprint density at radius 3 is 2.15 bits per heavy atom. The van der Waals surface area contributed by atoms with E-state index in [1.807, 2.05) is 11.3 Å². The summed E-state index contributed by atoms with van der Waals surface area (Å²) in [5.74, 6) is 0. The number of hydrogen-bond donors (Lipinski definition) is 0. The van der Waals surface area contributed by atoms with E-state index in [1.54, 1.807) is 0 Å². The van der Waals surface area contributed by atoms with Gasteiger partial charge in [0.1, 0.15) is 5.65 Å². The van der Waals surface area contributed by atoms with Crippen LogP contribution in [0.3, 0.4) is 0 Å². The molecule has 0 fully saturated rings. The standard InChI is InChI=1S/C37H21N3S/c1-2-10-22(11-3-1)39-30-15-7-4-12-23(30)26-20-27-28(21-33(26)39)37-38-29-14-6-8-16-31(29)40(37)32-19-18-25-24-13-5-9-17-34(24)41-36(25)35(27)32/h1-21H. The van der Waals surface area contributed by atoms with E-state index in [1.165, 1.54) is 63.7 Å². The van der Waals surface area contributed by atoms with Gasteiger partial charge in [-0.1, -0.05) is 72.8 Å². The molecule has 3 nitrogen and oxygen atoms in total. The lowest BCUT2D eigenvalue weighted by atomic mass is 10.0. The Balaban J connectivity index is 1.52. The molecule has 0 aliphatic carbocycles. The van der Waals surface area contributed by atoms with Crippen LogP contribution in [0.25, 0.3) is 86.0 Å². The smallest absolute Gasteiger partial charge is 0.146 e. The molecule has 0 saturated heterocycles. The zero-order chi connectivity index (χ0) is 26.7. The van der Waals surface area contributed by atoms with Crippen molar-refractivity contribution in [1.82, 2.24) is 14.0 Å². The van der Waals surface area contributed by atoms with Gasteiger partial charge in [0.05, 0.1) is 27.6 Å². The average Bonchev–Trinajstić information content (AvgIpc) is 3.70. The van der Waals surface area contributed by atoms with Gasteiger partial charge in [-0.2, -0.15) is 0 Å². The number of hydrogen-bond acceptors (Lipinski definition) is 2. The Bertz CT molecular complexity index is 2690. The second-order valence-electron chi connectivity index (χ2n) is 10.8. The summed E-state index contributed by atoms with van der Waals surface area (Å²) in [5, 5.41) is 8.88. The quantitative estimate of drug-likeness (QED) is 0.190. The Labute approximate surface area is 238 Å². The summed E-state index contributed by atoms with van der Waals surface area (Å²) in [7, 11) is 0. The number of para-hydroxylation sites is 4. The fraction of sp³-hybridized carbons (Fsp3) is 0. The minimum absolute atomic E-state index is 1.00. The van der Waals surface area contributed by atoms with Crippen molar-refractivity contribution in [1.29, 1.82) is 0 Å². The third-order valence-electron chi connectivity index (χ3n) is 8.66. The van der Waals surface area contributed by atoms with Crippen LogP contribution in [0, 0.1) is 0 Å². The minimum Gasteiger partial charge on any atom is -0.309 e. The predicted molar refractivity (Wildman–Crippen MR) is 175 cm³/mol. The van der Waals surface area contributed by atoms with Crippen molar-refractivity contribution >= 4 is 91.7 Å². The molecule has 0 bridgehead atoms. The van der Waals surface area contributed by atoms with Crippen molar-refractivity contribution in [2.75, 3.05) is 0 Å². The maximum absolute atomic E-state index is 5.24. The molecule has 0 atom stereocenters. The molecule has 4 heteroatoms. The highest BCUT2D eigenvalue weighted by Gasteiger charge is 2.20. The zero-order valence-corrected chi connectivity index (χ0v) is 22.7. The molecule has 4 aromatic heterocycles. The third-order valence-corrected chi connectivity index (χ3v) is 9.87. The van der Waals surface area contributed by atoms with E-state index >= 15 is 0 Å². The van der Waals surface area contributed by atoms with Crippen molar-refractivity contribution in [3.63, 3.8) is 0 Å². The van der Waals surface area contributed by atoms with Gasteiger partial charge in [0.25, 0.3) is 0 Å². The maximum Gasteiger partial charge on any atom is 0.146 e. The van der Waals surface area contributed by atoms with Crippen LogP contribution in [0.1, 0.15) is 0 Å². The second kappa shape index (κ2) is 7.72. The van der Waals surface area contributed by atoms with Gasteiger partial charge in [-0.25, -0.2) is 4.98 Å². The Kier molecular flexibility index (Phi) is 4.07. The van der Waals surface area contributed by atoms with Crippen LogP contribution in [0.4, 0.5) is 0 Å². The highest BCUT2D eigenvalue weighted by Crippen LogP contribution is 2.44. The molecular formula is C37H21N3S. The Morgan fingerprint density at radius 1 is 0.488 bits per heavy atom. The van der Waals surface area contributed by atoms with E-state index in [0.717, 1.165) is 22.4 Å². The van der Waals surface area contributed by atoms with Crippen LogP contribution in [0.5, 0.6) is 0 Å². The van der Waals surface area contributed by atoms with Gasteiger partial charge in [-0.05, 0) is 60.0 Å². The molecular weight excluding hydrogens is 518 g/mol. The molecule has 10 rings (SSSR count). The topological polar surface area (TPSA) is 22.2 Å². The molecule has 41 heavy (non-hydrogen) atoms. The fourth-order valence-electron chi connectivity index (χ4n) is 6.94. The molecule has 190 valence electrons. The lowest BCUT2D eigenvalue weighted by Gasteiger charge is -2.12. The molecule has 0 radical (unpaired) electrons. The molecule has 0 amide bonds. The van der Waals surface area contributed by atoms with E-state index < -0.39 is 0 Å². The molecule has 0 unspecified atom stereocenters.